The predicted molar refractivity (Wildman–Crippen MR) is 141 cm³/mol. The van der Waals surface area contributed by atoms with Crippen molar-refractivity contribution < 1.29 is 9.53 Å². The molecule has 32 heavy (non-hydrogen) atoms. The van der Waals surface area contributed by atoms with Gasteiger partial charge in [0.15, 0.2) is 5.96 Å². The number of nitrogens with one attached hydrogen (secondary N) is 2. The Morgan fingerprint density at radius 1 is 1.12 bits per heavy atom. The van der Waals surface area contributed by atoms with E-state index in [1.807, 2.05) is 26.2 Å². The van der Waals surface area contributed by atoms with E-state index in [0.717, 1.165) is 57.0 Å². The molecular weight excluding hydrogens is 517 g/mol. The first kappa shape index (κ1) is 26.7. The standard InChI is InChI=1S/C24H39N5O2.HI/c1-25-23(27-18-24(13-5-6-14-24)22(30)28(2)3)26-17-21(29-15-7-8-16-29)19-9-11-20(31-4)12-10-19;/h9-12,21H,5-8,13-18H2,1-4H3,(H2,25,26,27);1H. The molecule has 2 N–H and O–H groups in total. The summed E-state index contributed by atoms with van der Waals surface area (Å²) in [5, 5.41) is 6.98. The van der Waals surface area contributed by atoms with Gasteiger partial charge in [0.25, 0.3) is 0 Å². The number of ether oxygens (including phenoxy) is 1. The molecule has 1 aromatic carbocycles. The van der Waals surface area contributed by atoms with Gasteiger partial charge in [-0.3, -0.25) is 14.7 Å². The third-order valence-corrected chi connectivity index (χ3v) is 6.78. The molecule has 1 aromatic rings. The molecule has 7 nitrogen and oxygen atoms in total. The van der Waals surface area contributed by atoms with Crippen molar-refractivity contribution in [3.8, 4) is 5.75 Å². The summed E-state index contributed by atoms with van der Waals surface area (Å²) in [5.41, 5.74) is 0.964. The lowest BCUT2D eigenvalue weighted by molar-refractivity contribution is -0.138. The Balaban J connectivity index is 0.00000363. The number of likely N-dealkylation sites (tertiary alicyclic amines) is 1. The van der Waals surface area contributed by atoms with Crippen LogP contribution in [-0.4, -0.2) is 76.1 Å². The molecule has 1 heterocycles. The summed E-state index contributed by atoms with van der Waals surface area (Å²) in [6, 6.07) is 8.65. The third kappa shape index (κ3) is 6.50. The van der Waals surface area contributed by atoms with E-state index in [9.17, 15) is 4.79 Å². The molecule has 2 aliphatic rings. The summed E-state index contributed by atoms with van der Waals surface area (Å²) in [4.78, 5) is 21.6. The highest BCUT2D eigenvalue weighted by atomic mass is 127. The zero-order chi connectivity index (χ0) is 22.3. The van der Waals surface area contributed by atoms with Crippen molar-refractivity contribution in [2.24, 2.45) is 10.4 Å². The van der Waals surface area contributed by atoms with Gasteiger partial charge in [0.1, 0.15) is 5.75 Å². The largest absolute Gasteiger partial charge is 0.497 e. The van der Waals surface area contributed by atoms with E-state index in [-0.39, 0.29) is 41.3 Å². The number of benzene rings is 1. The lowest BCUT2D eigenvalue weighted by atomic mass is 9.84. The zero-order valence-corrected chi connectivity index (χ0v) is 22.4. The normalized spacial score (nSPS) is 19.2. The number of rotatable bonds is 8. The molecule has 1 saturated carbocycles. The van der Waals surface area contributed by atoms with Crippen LogP contribution >= 0.6 is 24.0 Å². The summed E-state index contributed by atoms with van der Waals surface area (Å²) in [6.07, 6.45) is 6.60. The number of nitrogens with zero attached hydrogens (tertiary/aromatic N) is 3. The number of aliphatic imine (C=N–C) groups is 1. The number of amides is 1. The second-order valence-corrected chi connectivity index (χ2v) is 9.03. The summed E-state index contributed by atoms with van der Waals surface area (Å²) in [5.74, 6) is 1.86. The van der Waals surface area contributed by atoms with Crippen LogP contribution in [0.25, 0.3) is 0 Å². The first-order valence-corrected chi connectivity index (χ1v) is 11.5. The van der Waals surface area contributed by atoms with Gasteiger partial charge >= 0.3 is 0 Å². The van der Waals surface area contributed by atoms with Crippen LogP contribution in [0.2, 0.25) is 0 Å². The van der Waals surface area contributed by atoms with Gasteiger partial charge in [-0.2, -0.15) is 0 Å². The molecule has 1 unspecified atom stereocenters. The number of hydrogen-bond acceptors (Lipinski definition) is 4. The van der Waals surface area contributed by atoms with E-state index >= 15 is 0 Å². The fraction of sp³-hybridized carbons (Fsp3) is 0.667. The third-order valence-electron chi connectivity index (χ3n) is 6.78. The van der Waals surface area contributed by atoms with E-state index < -0.39 is 0 Å². The lowest BCUT2D eigenvalue weighted by Crippen LogP contribution is -2.50. The van der Waals surface area contributed by atoms with E-state index in [1.165, 1.54) is 18.4 Å². The van der Waals surface area contributed by atoms with Crippen molar-refractivity contribution in [3.63, 3.8) is 0 Å². The van der Waals surface area contributed by atoms with Gasteiger partial charge in [0.2, 0.25) is 5.91 Å². The van der Waals surface area contributed by atoms with Gasteiger partial charge < -0.3 is 20.3 Å². The van der Waals surface area contributed by atoms with Gasteiger partial charge in [-0.15, -0.1) is 24.0 Å². The van der Waals surface area contributed by atoms with Crippen LogP contribution in [-0.2, 0) is 4.79 Å². The van der Waals surface area contributed by atoms with E-state index in [2.05, 4.69) is 32.7 Å². The van der Waals surface area contributed by atoms with Crippen LogP contribution < -0.4 is 15.4 Å². The zero-order valence-electron chi connectivity index (χ0n) is 20.0. The highest BCUT2D eigenvalue weighted by Crippen LogP contribution is 2.39. The van der Waals surface area contributed by atoms with Crippen molar-refractivity contribution in [2.45, 2.75) is 44.6 Å². The molecule has 0 aromatic heterocycles. The number of carbonyl (C=O) groups is 1. The maximum Gasteiger partial charge on any atom is 0.230 e. The smallest absolute Gasteiger partial charge is 0.230 e. The summed E-state index contributed by atoms with van der Waals surface area (Å²) in [6.45, 7) is 3.62. The summed E-state index contributed by atoms with van der Waals surface area (Å²) >= 11 is 0. The van der Waals surface area contributed by atoms with Gasteiger partial charge in [-0.05, 0) is 56.5 Å². The fourth-order valence-electron chi connectivity index (χ4n) is 5.00. The highest BCUT2D eigenvalue weighted by molar-refractivity contribution is 14.0. The Hall–Kier alpha value is -1.55. The Labute approximate surface area is 210 Å². The number of methoxy groups -OCH3 is 1. The number of carbonyl (C=O) groups excluding carboxylic acids is 1. The molecule has 8 heteroatoms. The quantitative estimate of drug-likeness (QED) is 0.292. The predicted octanol–water partition coefficient (Wildman–Crippen LogP) is 3.26. The summed E-state index contributed by atoms with van der Waals surface area (Å²) in [7, 11) is 7.20. The molecule has 1 atom stereocenters. The van der Waals surface area contributed by atoms with Crippen LogP contribution in [0.3, 0.4) is 0 Å². The average molecular weight is 558 g/mol. The molecule has 3 rings (SSSR count). The molecule has 0 spiro atoms. The Morgan fingerprint density at radius 3 is 2.28 bits per heavy atom. The molecular formula is C24H40IN5O2. The van der Waals surface area contributed by atoms with Gasteiger partial charge in [0.05, 0.1) is 18.6 Å². The maximum absolute atomic E-state index is 12.9. The Bertz CT molecular complexity index is 741. The van der Waals surface area contributed by atoms with E-state index in [0.29, 0.717) is 6.54 Å². The molecule has 0 radical (unpaired) electrons. The minimum Gasteiger partial charge on any atom is -0.497 e. The topological polar surface area (TPSA) is 69.2 Å². The van der Waals surface area contributed by atoms with Crippen LogP contribution in [0.5, 0.6) is 5.75 Å². The molecule has 1 aliphatic carbocycles. The minimum atomic E-state index is -0.314. The lowest BCUT2D eigenvalue weighted by Gasteiger charge is -2.32. The van der Waals surface area contributed by atoms with Crippen molar-refractivity contribution in [2.75, 3.05) is 54.4 Å². The molecule has 1 amide bonds. The highest BCUT2D eigenvalue weighted by Gasteiger charge is 2.42. The van der Waals surface area contributed by atoms with E-state index in [1.54, 1.807) is 19.1 Å². The first-order chi connectivity index (χ1) is 15.0. The second kappa shape index (κ2) is 12.6. The van der Waals surface area contributed by atoms with Gasteiger partial charge in [0, 0.05) is 34.2 Å². The van der Waals surface area contributed by atoms with Crippen LogP contribution in [0.1, 0.15) is 50.1 Å². The molecule has 2 fully saturated rings. The number of hydrogen-bond donors (Lipinski definition) is 2. The van der Waals surface area contributed by atoms with Crippen LogP contribution in [0, 0.1) is 5.41 Å². The molecule has 1 aliphatic heterocycles. The SMILES string of the molecule is CN=C(NCC(c1ccc(OC)cc1)N1CCCC1)NCC1(C(=O)N(C)C)CCCC1.I. The van der Waals surface area contributed by atoms with Crippen molar-refractivity contribution in [3.05, 3.63) is 29.8 Å². The van der Waals surface area contributed by atoms with E-state index in [4.69, 9.17) is 4.74 Å². The van der Waals surface area contributed by atoms with Crippen LogP contribution in [0.15, 0.2) is 29.3 Å². The van der Waals surface area contributed by atoms with Gasteiger partial charge in [-0.25, -0.2) is 0 Å². The first-order valence-electron chi connectivity index (χ1n) is 11.5. The number of halogens is 1. The van der Waals surface area contributed by atoms with Crippen molar-refractivity contribution in [1.82, 2.24) is 20.4 Å². The van der Waals surface area contributed by atoms with Crippen LogP contribution in [0.4, 0.5) is 0 Å². The van der Waals surface area contributed by atoms with Crippen molar-refractivity contribution >= 4 is 35.8 Å². The Kier molecular flexibility index (Phi) is 10.5. The molecule has 1 saturated heterocycles. The average Bonchev–Trinajstić information content (AvgIpc) is 3.49. The fourth-order valence-corrected chi connectivity index (χ4v) is 5.00. The Morgan fingerprint density at radius 2 is 1.75 bits per heavy atom. The van der Waals surface area contributed by atoms with Gasteiger partial charge in [-0.1, -0.05) is 25.0 Å². The maximum atomic E-state index is 12.9. The molecule has 0 bridgehead atoms. The minimum absolute atomic E-state index is 0. The summed E-state index contributed by atoms with van der Waals surface area (Å²) < 4.78 is 5.33. The monoisotopic (exact) mass is 557 g/mol. The van der Waals surface area contributed by atoms with Crippen molar-refractivity contribution in [1.29, 1.82) is 0 Å². The molecule has 180 valence electrons. The second-order valence-electron chi connectivity index (χ2n) is 9.03. The number of guanidine groups is 1.